The van der Waals surface area contributed by atoms with E-state index in [9.17, 15) is 0 Å². The minimum absolute atomic E-state index is 0.800. The standard InChI is InChI=1S/C23H19NO2/c1-25-19-10-6-9-18(13-19)23-21(16-7-4-3-5-8-16)14-17-11-12-20(26-2)15-22(17)24-23/h3-15H,1-2H3. The van der Waals surface area contributed by atoms with Gasteiger partial charge in [-0.15, -0.1) is 0 Å². The zero-order chi connectivity index (χ0) is 17.9. The van der Waals surface area contributed by atoms with Crippen molar-refractivity contribution < 1.29 is 9.47 Å². The second-order valence-corrected chi connectivity index (χ2v) is 6.04. The summed E-state index contributed by atoms with van der Waals surface area (Å²) in [5.74, 6) is 1.61. The molecule has 3 nitrogen and oxygen atoms in total. The van der Waals surface area contributed by atoms with Crippen molar-refractivity contribution >= 4 is 10.9 Å². The summed E-state index contributed by atoms with van der Waals surface area (Å²) in [7, 11) is 3.35. The molecule has 4 aromatic rings. The number of rotatable bonds is 4. The van der Waals surface area contributed by atoms with Crippen LogP contribution in [0.1, 0.15) is 0 Å². The molecule has 26 heavy (non-hydrogen) atoms. The van der Waals surface area contributed by atoms with E-state index in [1.807, 2.05) is 54.6 Å². The first kappa shape index (κ1) is 16.2. The van der Waals surface area contributed by atoms with Crippen LogP contribution in [0.15, 0.2) is 78.9 Å². The largest absolute Gasteiger partial charge is 0.497 e. The van der Waals surface area contributed by atoms with Crippen LogP contribution in [-0.4, -0.2) is 19.2 Å². The first-order valence-electron chi connectivity index (χ1n) is 8.47. The SMILES string of the molecule is COc1cccc(-c2nc3cc(OC)ccc3cc2-c2ccccc2)c1. The van der Waals surface area contributed by atoms with Gasteiger partial charge < -0.3 is 9.47 Å². The van der Waals surface area contributed by atoms with Crippen molar-refractivity contribution in [2.24, 2.45) is 0 Å². The summed E-state index contributed by atoms with van der Waals surface area (Å²) in [4.78, 5) is 4.97. The molecular formula is C23H19NO2. The van der Waals surface area contributed by atoms with Crippen molar-refractivity contribution in [2.75, 3.05) is 14.2 Å². The van der Waals surface area contributed by atoms with Crippen LogP contribution >= 0.6 is 0 Å². The van der Waals surface area contributed by atoms with Gasteiger partial charge in [-0.1, -0.05) is 42.5 Å². The van der Waals surface area contributed by atoms with Gasteiger partial charge in [0.25, 0.3) is 0 Å². The Morgan fingerprint density at radius 1 is 0.654 bits per heavy atom. The third-order valence-electron chi connectivity index (χ3n) is 4.45. The lowest BCUT2D eigenvalue weighted by atomic mass is 9.97. The van der Waals surface area contributed by atoms with Gasteiger partial charge in [-0.25, -0.2) is 4.98 Å². The summed E-state index contributed by atoms with van der Waals surface area (Å²) < 4.78 is 10.8. The molecule has 0 aliphatic rings. The molecule has 1 heterocycles. The highest BCUT2D eigenvalue weighted by molar-refractivity contribution is 5.92. The lowest BCUT2D eigenvalue weighted by Gasteiger charge is -2.13. The van der Waals surface area contributed by atoms with Crippen molar-refractivity contribution in [3.8, 4) is 33.9 Å². The smallest absolute Gasteiger partial charge is 0.121 e. The van der Waals surface area contributed by atoms with Crippen LogP contribution in [0.2, 0.25) is 0 Å². The zero-order valence-electron chi connectivity index (χ0n) is 14.8. The number of pyridine rings is 1. The second-order valence-electron chi connectivity index (χ2n) is 6.04. The molecule has 0 N–H and O–H groups in total. The van der Waals surface area contributed by atoms with E-state index in [2.05, 4.69) is 24.3 Å². The van der Waals surface area contributed by atoms with E-state index in [-0.39, 0.29) is 0 Å². The van der Waals surface area contributed by atoms with Crippen molar-refractivity contribution in [3.05, 3.63) is 78.9 Å². The van der Waals surface area contributed by atoms with Gasteiger partial charge in [0.15, 0.2) is 0 Å². The lowest BCUT2D eigenvalue weighted by molar-refractivity contribution is 0.415. The number of hydrogen-bond acceptors (Lipinski definition) is 3. The quantitative estimate of drug-likeness (QED) is 0.485. The fraction of sp³-hybridized carbons (Fsp3) is 0.0870. The van der Waals surface area contributed by atoms with E-state index >= 15 is 0 Å². The summed E-state index contributed by atoms with van der Waals surface area (Å²) in [5.41, 5.74) is 5.08. The molecule has 0 unspecified atom stereocenters. The van der Waals surface area contributed by atoms with E-state index in [0.717, 1.165) is 44.8 Å². The summed E-state index contributed by atoms with van der Waals surface area (Å²) >= 11 is 0. The molecule has 1 aromatic heterocycles. The Morgan fingerprint density at radius 3 is 2.15 bits per heavy atom. The predicted molar refractivity (Wildman–Crippen MR) is 106 cm³/mol. The van der Waals surface area contributed by atoms with E-state index in [1.54, 1.807) is 14.2 Å². The van der Waals surface area contributed by atoms with Gasteiger partial charge in [0.2, 0.25) is 0 Å². The third-order valence-corrected chi connectivity index (χ3v) is 4.45. The Kier molecular flexibility index (Phi) is 4.28. The van der Waals surface area contributed by atoms with Crippen LogP contribution in [-0.2, 0) is 0 Å². The molecule has 0 amide bonds. The monoisotopic (exact) mass is 341 g/mol. The molecule has 0 saturated heterocycles. The normalized spacial score (nSPS) is 10.7. The Balaban J connectivity index is 2.00. The maximum Gasteiger partial charge on any atom is 0.121 e. The number of hydrogen-bond donors (Lipinski definition) is 0. The van der Waals surface area contributed by atoms with E-state index < -0.39 is 0 Å². The molecule has 0 fully saturated rings. The lowest BCUT2D eigenvalue weighted by Crippen LogP contribution is -1.93. The molecule has 0 atom stereocenters. The van der Waals surface area contributed by atoms with Crippen LogP contribution in [0.3, 0.4) is 0 Å². The molecular weight excluding hydrogens is 322 g/mol. The van der Waals surface area contributed by atoms with Crippen LogP contribution in [0.5, 0.6) is 11.5 Å². The van der Waals surface area contributed by atoms with Gasteiger partial charge in [-0.05, 0) is 35.9 Å². The van der Waals surface area contributed by atoms with E-state index in [1.165, 1.54) is 0 Å². The average molecular weight is 341 g/mol. The molecule has 4 rings (SSSR count). The van der Waals surface area contributed by atoms with Crippen LogP contribution in [0, 0.1) is 0 Å². The van der Waals surface area contributed by atoms with Crippen molar-refractivity contribution in [2.45, 2.75) is 0 Å². The highest BCUT2D eigenvalue weighted by Crippen LogP contribution is 2.35. The third kappa shape index (κ3) is 3.00. The van der Waals surface area contributed by atoms with Gasteiger partial charge in [-0.2, -0.15) is 0 Å². The van der Waals surface area contributed by atoms with Gasteiger partial charge in [-0.3, -0.25) is 0 Å². The molecule has 0 aliphatic carbocycles. The molecule has 3 aromatic carbocycles. The Hall–Kier alpha value is -3.33. The number of aromatic nitrogens is 1. The number of ether oxygens (including phenoxy) is 2. The van der Waals surface area contributed by atoms with Gasteiger partial charge in [0.05, 0.1) is 25.4 Å². The van der Waals surface area contributed by atoms with Crippen LogP contribution in [0.4, 0.5) is 0 Å². The van der Waals surface area contributed by atoms with Gasteiger partial charge in [0, 0.05) is 22.6 Å². The summed E-state index contributed by atoms with van der Waals surface area (Å²) in [6, 6.07) is 26.5. The topological polar surface area (TPSA) is 31.4 Å². The van der Waals surface area contributed by atoms with E-state index in [4.69, 9.17) is 14.5 Å². The van der Waals surface area contributed by atoms with Crippen molar-refractivity contribution in [1.29, 1.82) is 0 Å². The molecule has 0 aliphatic heterocycles. The number of benzene rings is 3. The maximum absolute atomic E-state index is 5.40. The van der Waals surface area contributed by atoms with Gasteiger partial charge >= 0.3 is 0 Å². The molecule has 0 bridgehead atoms. The van der Waals surface area contributed by atoms with Crippen LogP contribution < -0.4 is 9.47 Å². The fourth-order valence-corrected chi connectivity index (χ4v) is 3.10. The van der Waals surface area contributed by atoms with Crippen molar-refractivity contribution in [3.63, 3.8) is 0 Å². The van der Waals surface area contributed by atoms with Crippen molar-refractivity contribution in [1.82, 2.24) is 4.98 Å². The molecule has 128 valence electrons. The molecule has 0 saturated carbocycles. The number of fused-ring (bicyclic) bond motifs is 1. The highest BCUT2D eigenvalue weighted by atomic mass is 16.5. The first-order valence-corrected chi connectivity index (χ1v) is 8.47. The second kappa shape index (κ2) is 6.89. The minimum atomic E-state index is 0.800. The number of nitrogens with zero attached hydrogens (tertiary/aromatic N) is 1. The summed E-state index contributed by atoms with van der Waals surface area (Å²) in [6.07, 6.45) is 0. The van der Waals surface area contributed by atoms with Gasteiger partial charge in [0.1, 0.15) is 11.5 Å². The fourth-order valence-electron chi connectivity index (χ4n) is 3.10. The molecule has 0 radical (unpaired) electrons. The highest BCUT2D eigenvalue weighted by Gasteiger charge is 2.12. The maximum atomic E-state index is 5.40. The Bertz CT molecular complexity index is 1060. The van der Waals surface area contributed by atoms with E-state index in [0.29, 0.717) is 0 Å². The zero-order valence-corrected chi connectivity index (χ0v) is 14.8. The predicted octanol–water partition coefficient (Wildman–Crippen LogP) is 5.59. The summed E-state index contributed by atoms with van der Waals surface area (Å²) in [6.45, 7) is 0. The number of methoxy groups -OCH3 is 2. The summed E-state index contributed by atoms with van der Waals surface area (Å²) in [5, 5.41) is 1.08. The first-order chi connectivity index (χ1) is 12.8. The Labute approximate surface area is 152 Å². The molecule has 3 heteroatoms. The Morgan fingerprint density at radius 2 is 1.38 bits per heavy atom. The van der Waals surface area contributed by atoms with Crippen LogP contribution in [0.25, 0.3) is 33.3 Å². The molecule has 0 spiro atoms. The average Bonchev–Trinajstić information content (AvgIpc) is 2.73. The minimum Gasteiger partial charge on any atom is -0.497 e.